The van der Waals surface area contributed by atoms with E-state index in [4.69, 9.17) is 10.2 Å². The van der Waals surface area contributed by atoms with Crippen molar-refractivity contribution >= 4 is 5.88 Å². The van der Waals surface area contributed by atoms with Gasteiger partial charge < -0.3 is 10.2 Å². The van der Waals surface area contributed by atoms with Crippen molar-refractivity contribution in [2.24, 2.45) is 0 Å². The molecular formula is C9H8N2O. The molecule has 0 bridgehead atoms. The Morgan fingerprint density at radius 1 is 1.33 bits per heavy atom. The van der Waals surface area contributed by atoms with E-state index in [0.717, 1.165) is 11.1 Å². The van der Waals surface area contributed by atoms with E-state index in [-0.39, 0.29) is 0 Å². The summed E-state index contributed by atoms with van der Waals surface area (Å²) in [5.74, 6) is 0.425. The van der Waals surface area contributed by atoms with Gasteiger partial charge in [0.15, 0.2) is 5.88 Å². The molecule has 0 saturated heterocycles. The van der Waals surface area contributed by atoms with Crippen LogP contribution in [0, 0.1) is 0 Å². The van der Waals surface area contributed by atoms with E-state index >= 15 is 0 Å². The molecule has 60 valence electrons. The van der Waals surface area contributed by atoms with Crippen molar-refractivity contribution in [3.05, 3.63) is 36.9 Å². The Morgan fingerprint density at radius 2 is 2.25 bits per heavy atom. The quantitative estimate of drug-likeness (QED) is 0.693. The van der Waals surface area contributed by atoms with Crippen LogP contribution in [0.25, 0.3) is 11.1 Å². The molecular weight excluding hydrogens is 152 g/mol. The predicted octanol–water partition coefficient (Wildman–Crippen LogP) is 1.92. The topological polar surface area (TPSA) is 52.0 Å². The molecule has 0 atom stereocenters. The summed E-state index contributed by atoms with van der Waals surface area (Å²) in [6.45, 7) is 0. The Hall–Kier alpha value is -1.77. The molecule has 0 aliphatic rings. The first-order valence-corrected chi connectivity index (χ1v) is 3.60. The minimum Gasteiger partial charge on any atom is -0.449 e. The zero-order chi connectivity index (χ0) is 8.39. The number of hydrogen-bond acceptors (Lipinski definition) is 3. The van der Waals surface area contributed by atoms with Crippen LogP contribution in [-0.4, -0.2) is 4.98 Å². The van der Waals surface area contributed by atoms with Crippen molar-refractivity contribution < 1.29 is 4.42 Å². The predicted molar refractivity (Wildman–Crippen MR) is 46.4 cm³/mol. The number of anilines is 1. The monoisotopic (exact) mass is 160 g/mol. The number of aromatic nitrogens is 1. The summed E-state index contributed by atoms with van der Waals surface area (Å²) >= 11 is 0. The molecule has 3 nitrogen and oxygen atoms in total. The van der Waals surface area contributed by atoms with Gasteiger partial charge in [0.05, 0.1) is 0 Å². The minimum absolute atomic E-state index is 0.425. The molecule has 2 rings (SSSR count). The van der Waals surface area contributed by atoms with Gasteiger partial charge in [0.1, 0.15) is 6.26 Å². The highest BCUT2D eigenvalue weighted by Gasteiger charge is 1.99. The maximum absolute atomic E-state index is 5.43. The van der Waals surface area contributed by atoms with Crippen LogP contribution in [-0.2, 0) is 0 Å². The molecule has 2 N–H and O–H groups in total. The first-order valence-electron chi connectivity index (χ1n) is 3.60. The second kappa shape index (κ2) is 2.70. The van der Waals surface area contributed by atoms with Crippen molar-refractivity contribution in [2.75, 3.05) is 5.73 Å². The second-order valence-corrected chi connectivity index (χ2v) is 2.48. The summed E-state index contributed by atoms with van der Waals surface area (Å²) in [6.07, 6.45) is 5.11. The van der Waals surface area contributed by atoms with Gasteiger partial charge in [-0.3, -0.25) is 4.98 Å². The second-order valence-electron chi connectivity index (χ2n) is 2.48. The van der Waals surface area contributed by atoms with Crippen LogP contribution in [0.1, 0.15) is 0 Å². The Bertz CT molecular complexity index is 367. The molecule has 0 aliphatic heterocycles. The van der Waals surface area contributed by atoms with Crippen LogP contribution in [0.3, 0.4) is 0 Å². The largest absolute Gasteiger partial charge is 0.449 e. The molecule has 2 heterocycles. The molecule has 0 aliphatic carbocycles. The summed E-state index contributed by atoms with van der Waals surface area (Å²) in [5, 5.41) is 0. The molecule has 12 heavy (non-hydrogen) atoms. The molecule has 0 fully saturated rings. The Labute approximate surface area is 69.8 Å². The lowest BCUT2D eigenvalue weighted by Gasteiger charge is -1.91. The number of furan rings is 1. The van der Waals surface area contributed by atoms with E-state index in [9.17, 15) is 0 Å². The summed E-state index contributed by atoms with van der Waals surface area (Å²) in [6, 6.07) is 5.60. The van der Waals surface area contributed by atoms with Crippen LogP contribution >= 0.6 is 0 Å². The molecule has 0 spiro atoms. The number of rotatable bonds is 1. The standard InChI is InChI=1S/C9H8N2O/c10-9-4-8(6-12-9)7-2-1-3-11-5-7/h1-6H,10H2. The Kier molecular flexibility index (Phi) is 1.55. The van der Waals surface area contributed by atoms with Gasteiger partial charge in [0, 0.05) is 29.6 Å². The third-order valence-electron chi connectivity index (χ3n) is 1.61. The normalized spacial score (nSPS) is 10.0. The van der Waals surface area contributed by atoms with Gasteiger partial charge in [0.25, 0.3) is 0 Å². The maximum Gasteiger partial charge on any atom is 0.190 e. The Balaban J connectivity index is 2.45. The van der Waals surface area contributed by atoms with E-state index in [0.29, 0.717) is 5.88 Å². The van der Waals surface area contributed by atoms with E-state index < -0.39 is 0 Å². The third kappa shape index (κ3) is 1.16. The maximum atomic E-state index is 5.43. The van der Waals surface area contributed by atoms with Gasteiger partial charge in [-0.05, 0) is 6.07 Å². The number of nitrogens with zero attached hydrogens (tertiary/aromatic N) is 1. The number of nitrogens with two attached hydrogens (primary N) is 1. The molecule has 2 aromatic rings. The molecule has 0 amide bonds. The number of nitrogen functional groups attached to an aromatic ring is 1. The third-order valence-corrected chi connectivity index (χ3v) is 1.61. The summed E-state index contributed by atoms with van der Waals surface area (Å²) in [5.41, 5.74) is 7.40. The van der Waals surface area contributed by atoms with Crippen molar-refractivity contribution in [2.45, 2.75) is 0 Å². The van der Waals surface area contributed by atoms with Crippen LogP contribution in [0.4, 0.5) is 5.88 Å². The van der Waals surface area contributed by atoms with Crippen LogP contribution < -0.4 is 5.73 Å². The molecule has 0 unspecified atom stereocenters. The van der Waals surface area contributed by atoms with E-state index in [1.807, 2.05) is 12.1 Å². The average Bonchev–Trinajstić information content (AvgIpc) is 2.54. The van der Waals surface area contributed by atoms with Crippen molar-refractivity contribution in [3.8, 4) is 11.1 Å². The van der Waals surface area contributed by atoms with Gasteiger partial charge in [-0.15, -0.1) is 0 Å². The van der Waals surface area contributed by atoms with Crippen molar-refractivity contribution in [1.82, 2.24) is 4.98 Å². The van der Waals surface area contributed by atoms with Gasteiger partial charge in [0.2, 0.25) is 0 Å². The van der Waals surface area contributed by atoms with Crippen molar-refractivity contribution in [1.29, 1.82) is 0 Å². The fraction of sp³-hybridized carbons (Fsp3) is 0. The SMILES string of the molecule is Nc1cc(-c2cccnc2)co1. The van der Waals surface area contributed by atoms with Gasteiger partial charge >= 0.3 is 0 Å². The highest BCUT2D eigenvalue weighted by molar-refractivity contribution is 5.63. The van der Waals surface area contributed by atoms with Crippen LogP contribution in [0.5, 0.6) is 0 Å². The van der Waals surface area contributed by atoms with E-state index in [2.05, 4.69) is 4.98 Å². The highest BCUT2D eigenvalue weighted by Crippen LogP contribution is 2.21. The Morgan fingerprint density at radius 3 is 2.83 bits per heavy atom. The molecule has 3 heteroatoms. The number of pyridine rings is 1. The zero-order valence-corrected chi connectivity index (χ0v) is 6.40. The first-order chi connectivity index (χ1) is 5.86. The highest BCUT2D eigenvalue weighted by atomic mass is 16.3. The fourth-order valence-corrected chi connectivity index (χ4v) is 1.04. The van der Waals surface area contributed by atoms with Crippen LogP contribution in [0.2, 0.25) is 0 Å². The molecule has 0 radical (unpaired) electrons. The fourth-order valence-electron chi connectivity index (χ4n) is 1.04. The number of hydrogen-bond donors (Lipinski definition) is 1. The molecule has 0 aromatic carbocycles. The van der Waals surface area contributed by atoms with Crippen LogP contribution in [0.15, 0.2) is 41.3 Å². The first kappa shape index (κ1) is 6.91. The van der Waals surface area contributed by atoms with Crippen molar-refractivity contribution in [3.63, 3.8) is 0 Å². The van der Waals surface area contributed by atoms with E-state index in [1.54, 1.807) is 24.7 Å². The van der Waals surface area contributed by atoms with E-state index in [1.165, 1.54) is 0 Å². The lowest BCUT2D eigenvalue weighted by atomic mass is 10.2. The lowest BCUT2D eigenvalue weighted by Crippen LogP contribution is -1.77. The van der Waals surface area contributed by atoms with Gasteiger partial charge in [-0.25, -0.2) is 0 Å². The van der Waals surface area contributed by atoms with Gasteiger partial charge in [-0.1, -0.05) is 6.07 Å². The summed E-state index contributed by atoms with van der Waals surface area (Å²) in [7, 11) is 0. The molecule has 0 saturated carbocycles. The average molecular weight is 160 g/mol. The minimum atomic E-state index is 0.425. The summed E-state index contributed by atoms with van der Waals surface area (Å²) < 4.78 is 4.97. The lowest BCUT2D eigenvalue weighted by molar-refractivity contribution is 0.588. The smallest absolute Gasteiger partial charge is 0.190 e. The molecule has 2 aromatic heterocycles. The summed E-state index contributed by atoms with van der Waals surface area (Å²) in [4.78, 5) is 3.99. The zero-order valence-electron chi connectivity index (χ0n) is 6.40. The van der Waals surface area contributed by atoms with Gasteiger partial charge in [-0.2, -0.15) is 0 Å².